The van der Waals surface area contributed by atoms with E-state index in [4.69, 9.17) is 9.47 Å². The summed E-state index contributed by atoms with van der Waals surface area (Å²) in [6.07, 6.45) is 12.6. The molecule has 2 aliphatic heterocycles. The molecule has 2 bridgehead atoms. The molecule has 0 spiro atoms. The van der Waals surface area contributed by atoms with Crippen LogP contribution in [0.5, 0.6) is 0 Å². The van der Waals surface area contributed by atoms with Crippen molar-refractivity contribution < 1.29 is 14.3 Å². The molecule has 24 heavy (non-hydrogen) atoms. The Morgan fingerprint density at radius 2 is 2.00 bits per heavy atom. The van der Waals surface area contributed by atoms with E-state index >= 15 is 0 Å². The summed E-state index contributed by atoms with van der Waals surface area (Å²) >= 11 is 0. The Labute approximate surface area is 146 Å². The van der Waals surface area contributed by atoms with E-state index in [1.54, 1.807) is 0 Å². The van der Waals surface area contributed by atoms with Crippen LogP contribution >= 0.6 is 0 Å². The molecule has 0 aromatic heterocycles. The molecule has 1 saturated carbocycles. The number of fused-ring (bicyclic) bond motifs is 2. The van der Waals surface area contributed by atoms with Gasteiger partial charge in [0.1, 0.15) is 5.60 Å². The summed E-state index contributed by atoms with van der Waals surface area (Å²) in [6.45, 7) is 7.00. The van der Waals surface area contributed by atoms with Gasteiger partial charge in [-0.15, -0.1) is 0 Å². The zero-order valence-electron chi connectivity index (χ0n) is 15.6. The van der Waals surface area contributed by atoms with E-state index in [1.807, 2.05) is 25.7 Å². The lowest BCUT2D eigenvalue weighted by Gasteiger charge is -2.44. The van der Waals surface area contributed by atoms with E-state index < -0.39 is 5.60 Å². The highest BCUT2D eigenvalue weighted by Crippen LogP contribution is 2.34. The van der Waals surface area contributed by atoms with Crippen molar-refractivity contribution in [2.24, 2.45) is 5.92 Å². The first-order chi connectivity index (χ1) is 11.4. The molecule has 1 amide bonds. The number of carbonyl (C=O) groups excluding carboxylic acids is 1. The molecular formula is C20H33NO3. The third-order valence-corrected chi connectivity index (χ3v) is 5.48. The van der Waals surface area contributed by atoms with Crippen LogP contribution in [-0.4, -0.2) is 41.9 Å². The van der Waals surface area contributed by atoms with Crippen LogP contribution < -0.4 is 0 Å². The van der Waals surface area contributed by atoms with Gasteiger partial charge >= 0.3 is 6.09 Å². The van der Waals surface area contributed by atoms with Crippen molar-refractivity contribution in [3.63, 3.8) is 0 Å². The SMILES string of the molecule is CC(C)(C)OC(=O)N1C2C=C(CCC3CCCCC3)CC1COC2. The number of rotatable bonds is 3. The van der Waals surface area contributed by atoms with Gasteiger partial charge in [0.25, 0.3) is 0 Å². The third kappa shape index (κ3) is 4.53. The van der Waals surface area contributed by atoms with Crippen LogP contribution in [0.2, 0.25) is 0 Å². The Kier molecular flexibility index (Phi) is 5.53. The molecule has 4 nitrogen and oxygen atoms in total. The fourth-order valence-electron chi connectivity index (χ4n) is 4.33. The number of morpholine rings is 1. The van der Waals surface area contributed by atoms with E-state index in [0.717, 1.165) is 12.3 Å². The Morgan fingerprint density at radius 1 is 1.25 bits per heavy atom. The van der Waals surface area contributed by atoms with E-state index in [-0.39, 0.29) is 18.2 Å². The Bertz CT molecular complexity index is 474. The molecule has 0 aromatic carbocycles. The second kappa shape index (κ2) is 7.47. The second-order valence-electron chi connectivity index (χ2n) is 8.72. The van der Waals surface area contributed by atoms with Gasteiger partial charge < -0.3 is 9.47 Å². The zero-order chi connectivity index (χ0) is 17.2. The lowest BCUT2D eigenvalue weighted by molar-refractivity contribution is -0.0538. The van der Waals surface area contributed by atoms with E-state index in [2.05, 4.69) is 6.08 Å². The first-order valence-corrected chi connectivity index (χ1v) is 9.71. The van der Waals surface area contributed by atoms with Crippen molar-refractivity contribution in [2.75, 3.05) is 13.2 Å². The molecular weight excluding hydrogens is 302 g/mol. The van der Waals surface area contributed by atoms with Gasteiger partial charge in [-0.25, -0.2) is 4.79 Å². The van der Waals surface area contributed by atoms with Crippen molar-refractivity contribution in [3.05, 3.63) is 11.6 Å². The number of carbonyl (C=O) groups is 1. The lowest BCUT2D eigenvalue weighted by atomic mass is 9.83. The zero-order valence-corrected chi connectivity index (χ0v) is 15.6. The molecule has 3 rings (SSSR count). The monoisotopic (exact) mass is 335 g/mol. The van der Waals surface area contributed by atoms with Gasteiger partial charge in [0.05, 0.1) is 25.3 Å². The Hall–Kier alpha value is -1.03. The fourth-order valence-corrected chi connectivity index (χ4v) is 4.33. The van der Waals surface area contributed by atoms with Crippen molar-refractivity contribution >= 4 is 6.09 Å². The number of ether oxygens (including phenoxy) is 2. The minimum Gasteiger partial charge on any atom is -0.444 e. The van der Waals surface area contributed by atoms with Crippen LogP contribution in [0.3, 0.4) is 0 Å². The number of amides is 1. The largest absolute Gasteiger partial charge is 0.444 e. The molecule has 1 aliphatic carbocycles. The Balaban J connectivity index is 1.60. The summed E-state index contributed by atoms with van der Waals surface area (Å²) < 4.78 is 11.3. The van der Waals surface area contributed by atoms with Crippen molar-refractivity contribution in [3.8, 4) is 0 Å². The van der Waals surface area contributed by atoms with Gasteiger partial charge in [0.15, 0.2) is 0 Å². The summed E-state index contributed by atoms with van der Waals surface area (Å²) in [5.41, 5.74) is 1.08. The van der Waals surface area contributed by atoms with Gasteiger partial charge in [0.2, 0.25) is 0 Å². The number of hydrogen-bond donors (Lipinski definition) is 0. The van der Waals surface area contributed by atoms with Crippen molar-refractivity contribution in [1.29, 1.82) is 0 Å². The van der Waals surface area contributed by atoms with Crippen LogP contribution in [0.15, 0.2) is 11.6 Å². The highest BCUT2D eigenvalue weighted by Gasteiger charge is 2.39. The summed E-state index contributed by atoms with van der Waals surface area (Å²) in [4.78, 5) is 14.5. The van der Waals surface area contributed by atoms with Crippen LogP contribution in [0, 0.1) is 5.92 Å². The van der Waals surface area contributed by atoms with Gasteiger partial charge in [-0.3, -0.25) is 4.90 Å². The predicted octanol–water partition coefficient (Wildman–Crippen LogP) is 4.68. The normalized spacial score (nSPS) is 28.5. The molecule has 2 atom stereocenters. The molecule has 4 heteroatoms. The molecule has 2 fully saturated rings. The molecule has 0 radical (unpaired) electrons. The average molecular weight is 335 g/mol. The van der Waals surface area contributed by atoms with Gasteiger partial charge in [-0.2, -0.15) is 0 Å². The summed E-state index contributed by atoms with van der Waals surface area (Å²) in [5, 5.41) is 0. The summed E-state index contributed by atoms with van der Waals surface area (Å²) in [6, 6.07) is 0.193. The van der Waals surface area contributed by atoms with Gasteiger partial charge in [-0.1, -0.05) is 43.8 Å². The van der Waals surface area contributed by atoms with Gasteiger partial charge in [-0.05, 0) is 46.0 Å². The summed E-state index contributed by atoms with van der Waals surface area (Å²) in [7, 11) is 0. The van der Waals surface area contributed by atoms with E-state index in [9.17, 15) is 4.79 Å². The van der Waals surface area contributed by atoms with E-state index in [1.165, 1.54) is 50.5 Å². The average Bonchev–Trinajstić information content (AvgIpc) is 2.51. The molecule has 136 valence electrons. The number of nitrogens with zero attached hydrogens (tertiary/aromatic N) is 1. The van der Waals surface area contributed by atoms with Crippen LogP contribution in [-0.2, 0) is 9.47 Å². The standard InChI is InChI=1S/C20H33NO3/c1-20(2,3)24-19(22)21-17-11-16(12-18(21)14-23-13-17)10-9-15-7-5-4-6-8-15/h11,15,17-18H,4-10,12-14H2,1-3H3. The smallest absolute Gasteiger partial charge is 0.411 e. The molecule has 2 heterocycles. The maximum Gasteiger partial charge on any atom is 0.411 e. The van der Waals surface area contributed by atoms with Crippen LogP contribution in [0.25, 0.3) is 0 Å². The highest BCUT2D eigenvalue weighted by molar-refractivity contribution is 5.70. The van der Waals surface area contributed by atoms with Crippen molar-refractivity contribution in [1.82, 2.24) is 4.90 Å². The molecule has 1 saturated heterocycles. The molecule has 0 aromatic rings. The lowest BCUT2D eigenvalue weighted by Crippen LogP contribution is -2.57. The maximum absolute atomic E-state index is 12.6. The maximum atomic E-state index is 12.6. The van der Waals surface area contributed by atoms with Gasteiger partial charge in [0, 0.05) is 0 Å². The molecule has 2 unspecified atom stereocenters. The summed E-state index contributed by atoms with van der Waals surface area (Å²) in [5.74, 6) is 0.916. The first kappa shape index (κ1) is 17.8. The highest BCUT2D eigenvalue weighted by atomic mass is 16.6. The minimum absolute atomic E-state index is 0.0497. The fraction of sp³-hybridized carbons (Fsp3) is 0.850. The minimum atomic E-state index is -0.447. The molecule has 0 N–H and O–H groups in total. The predicted molar refractivity (Wildman–Crippen MR) is 95.0 cm³/mol. The van der Waals surface area contributed by atoms with E-state index in [0.29, 0.717) is 13.2 Å². The Morgan fingerprint density at radius 3 is 2.67 bits per heavy atom. The quantitative estimate of drug-likeness (QED) is 0.703. The van der Waals surface area contributed by atoms with Crippen LogP contribution in [0.1, 0.15) is 72.1 Å². The van der Waals surface area contributed by atoms with Crippen LogP contribution in [0.4, 0.5) is 4.79 Å². The first-order valence-electron chi connectivity index (χ1n) is 9.71. The third-order valence-electron chi connectivity index (χ3n) is 5.48. The van der Waals surface area contributed by atoms with Crippen molar-refractivity contribution in [2.45, 2.75) is 89.8 Å². The molecule has 3 aliphatic rings. The topological polar surface area (TPSA) is 38.8 Å². The second-order valence-corrected chi connectivity index (χ2v) is 8.72. The number of hydrogen-bond acceptors (Lipinski definition) is 3.